The summed E-state index contributed by atoms with van der Waals surface area (Å²) >= 11 is 0. The van der Waals surface area contributed by atoms with Crippen molar-refractivity contribution in [1.82, 2.24) is 0 Å². The topological polar surface area (TPSA) is 100 Å². The summed E-state index contributed by atoms with van der Waals surface area (Å²) in [6, 6.07) is 3.20. The lowest BCUT2D eigenvalue weighted by Crippen LogP contribution is -2.20. The molecule has 0 aromatic carbocycles. The van der Waals surface area contributed by atoms with Crippen molar-refractivity contribution in [3.63, 3.8) is 0 Å². The lowest BCUT2D eigenvalue weighted by Gasteiger charge is -2.16. The number of esters is 2. The van der Waals surface area contributed by atoms with E-state index in [0.717, 1.165) is 0 Å². The van der Waals surface area contributed by atoms with E-state index in [9.17, 15) is 9.59 Å². The number of rotatable bonds is 7. The third-order valence-corrected chi connectivity index (χ3v) is 2.36. The minimum absolute atomic E-state index is 0.262. The molecule has 0 aliphatic rings. The quantitative estimate of drug-likeness (QED) is 0.399. The molecule has 0 aromatic heterocycles. The second kappa shape index (κ2) is 8.49. The van der Waals surface area contributed by atoms with Gasteiger partial charge < -0.3 is 9.47 Å². The molecule has 0 radical (unpaired) electrons. The molecule has 106 valence electrons. The first-order valence-electron chi connectivity index (χ1n) is 5.91. The molecule has 0 rings (SSSR count). The minimum atomic E-state index is -0.762. The highest BCUT2D eigenvalue weighted by Crippen LogP contribution is 2.10. The van der Waals surface area contributed by atoms with Crippen LogP contribution in [0.4, 0.5) is 0 Å². The second-order valence-corrected chi connectivity index (χ2v) is 4.19. The van der Waals surface area contributed by atoms with Gasteiger partial charge in [-0.05, 0) is 26.7 Å². The molecule has 0 spiro atoms. The molecule has 0 saturated heterocycles. The average molecular weight is 276 g/mol. The monoisotopic (exact) mass is 276 g/mol. The lowest BCUT2D eigenvalue weighted by molar-refractivity contribution is -0.146. The van der Waals surface area contributed by atoms with E-state index in [1.165, 1.54) is 0 Å². The Hall–Kier alpha value is -2.60. The van der Waals surface area contributed by atoms with E-state index in [1.54, 1.807) is 26.0 Å². The van der Waals surface area contributed by atoms with E-state index in [4.69, 9.17) is 20.0 Å². The molecule has 0 aliphatic heterocycles. The lowest BCUT2D eigenvalue weighted by atomic mass is 10.1. The molecular formula is C14H16N2O4. The number of carbonyl (C=O) groups excluding carboxylic acids is 2. The Bertz CT molecular complexity index is 450. The average Bonchev–Trinajstić information content (AvgIpc) is 2.42. The zero-order chi connectivity index (χ0) is 15.7. The number of hydrogen-bond acceptors (Lipinski definition) is 6. The first-order valence-corrected chi connectivity index (χ1v) is 5.91. The van der Waals surface area contributed by atoms with Gasteiger partial charge >= 0.3 is 11.9 Å². The summed E-state index contributed by atoms with van der Waals surface area (Å²) in [6.07, 6.45) is 0.0106. The predicted octanol–water partition coefficient (Wildman–Crippen LogP) is 1.79. The highest BCUT2D eigenvalue weighted by molar-refractivity contribution is 5.92. The van der Waals surface area contributed by atoms with Crippen LogP contribution in [-0.2, 0) is 19.1 Å². The van der Waals surface area contributed by atoms with Crippen LogP contribution in [0.15, 0.2) is 24.3 Å². The van der Waals surface area contributed by atoms with E-state index < -0.39 is 24.1 Å². The maximum absolute atomic E-state index is 11.3. The zero-order valence-electron chi connectivity index (χ0n) is 11.5. The van der Waals surface area contributed by atoms with Crippen LogP contribution in [0, 0.1) is 22.7 Å². The van der Waals surface area contributed by atoms with Gasteiger partial charge in [-0.3, -0.25) is 0 Å². The summed E-state index contributed by atoms with van der Waals surface area (Å²) in [4.78, 5) is 22.5. The van der Waals surface area contributed by atoms with Crippen LogP contribution < -0.4 is 0 Å². The summed E-state index contributed by atoms with van der Waals surface area (Å²) in [5.41, 5.74) is -0.525. The molecule has 2 atom stereocenters. The molecule has 0 N–H and O–H groups in total. The SMILES string of the molecule is C=C(C#N)C(=O)OC(C)CCC(C)OC(=O)C(=C)C#N. The number of nitriles is 2. The predicted molar refractivity (Wildman–Crippen MR) is 69.8 cm³/mol. The van der Waals surface area contributed by atoms with E-state index in [2.05, 4.69) is 13.2 Å². The minimum Gasteiger partial charge on any atom is -0.459 e. The summed E-state index contributed by atoms with van der Waals surface area (Å²) in [5.74, 6) is -1.52. The van der Waals surface area contributed by atoms with Crippen molar-refractivity contribution in [3.8, 4) is 12.1 Å². The fourth-order valence-electron chi connectivity index (χ4n) is 1.19. The number of carbonyl (C=O) groups is 2. The van der Waals surface area contributed by atoms with Crippen LogP contribution in [0.2, 0.25) is 0 Å². The molecule has 0 aliphatic carbocycles. The fraction of sp³-hybridized carbons (Fsp3) is 0.429. The van der Waals surface area contributed by atoms with E-state index in [0.29, 0.717) is 12.8 Å². The number of nitrogens with zero attached hydrogens (tertiary/aromatic N) is 2. The van der Waals surface area contributed by atoms with Crippen molar-refractivity contribution >= 4 is 11.9 Å². The summed E-state index contributed by atoms with van der Waals surface area (Å²) in [7, 11) is 0. The summed E-state index contributed by atoms with van der Waals surface area (Å²) in [5, 5.41) is 16.9. The Labute approximate surface area is 117 Å². The van der Waals surface area contributed by atoms with Gasteiger partial charge in [-0.2, -0.15) is 10.5 Å². The Kier molecular flexibility index (Phi) is 7.39. The summed E-state index contributed by atoms with van der Waals surface area (Å²) < 4.78 is 9.91. The van der Waals surface area contributed by atoms with E-state index in [1.807, 2.05) is 0 Å². The number of hydrogen-bond donors (Lipinski definition) is 0. The van der Waals surface area contributed by atoms with Gasteiger partial charge in [0.25, 0.3) is 0 Å². The second-order valence-electron chi connectivity index (χ2n) is 4.19. The van der Waals surface area contributed by atoms with Crippen LogP contribution in [0.5, 0.6) is 0 Å². The van der Waals surface area contributed by atoms with Crippen molar-refractivity contribution < 1.29 is 19.1 Å². The molecule has 2 unspecified atom stereocenters. The molecule has 0 saturated carbocycles. The fourth-order valence-corrected chi connectivity index (χ4v) is 1.19. The third kappa shape index (κ3) is 6.36. The molecular weight excluding hydrogens is 260 g/mol. The van der Waals surface area contributed by atoms with Crippen molar-refractivity contribution in [1.29, 1.82) is 10.5 Å². The Morgan fingerprint density at radius 2 is 1.25 bits per heavy atom. The highest BCUT2D eigenvalue weighted by Gasteiger charge is 2.16. The smallest absolute Gasteiger partial charge is 0.348 e. The third-order valence-electron chi connectivity index (χ3n) is 2.36. The summed E-state index contributed by atoms with van der Waals surface area (Å²) in [6.45, 7) is 9.80. The van der Waals surface area contributed by atoms with Gasteiger partial charge in [-0.15, -0.1) is 0 Å². The number of ether oxygens (including phenoxy) is 2. The van der Waals surface area contributed by atoms with Gasteiger partial charge in [0.05, 0.1) is 12.2 Å². The zero-order valence-corrected chi connectivity index (χ0v) is 11.5. The molecule has 0 heterocycles. The van der Waals surface area contributed by atoms with Crippen molar-refractivity contribution in [3.05, 3.63) is 24.3 Å². The Balaban J connectivity index is 4.11. The van der Waals surface area contributed by atoms with E-state index >= 15 is 0 Å². The van der Waals surface area contributed by atoms with Gasteiger partial charge in [-0.1, -0.05) is 13.2 Å². The molecule has 6 nitrogen and oxygen atoms in total. The van der Waals surface area contributed by atoms with Gasteiger partial charge in [0.15, 0.2) is 0 Å². The molecule has 0 bridgehead atoms. The first-order chi connectivity index (χ1) is 9.31. The molecule has 0 amide bonds. The van der Waals surface area contributed by atoms with Crippen LogP contribution in [-0.4, -0.2) is 24.1 Å². The van der Waals surface area contributed by atoms with Crippen LogP contribution >= 0.6 is 0 Å². The van der Waals surface area contributed by atoms with E-state index in [-0.39, 0.29) is 11.1 Å². The molecule has 6 heteroatoms. The van der Waals surface area contributed by atoms with Crippen LogP contribution in [0.1, 0.15) is 26.7 Å². The first kappa shape index (κ1) is 17.4. The Morgan fingerprint density at radius 1 is 0.950 bits per heavy atom. The molecule has 0 aromatic rings. The van der Waals surface area contributed by atoms with Gasteiger partial charge in [0, 0.05) is 0 Å². The van der Waals surface area contributed by atoms with Gasteiger partial charge in [-0.25, -0.2) is 9.59 Å². The van der Waals surface area contributed by atoms with Gasteiger partial charge in [0.2, 0.25) is 0 Å². The molecule has 0 fully saturated rings. The highest BCUT2D eigenvalue weighted by atomic mass is 16.5. The standard InChI is InChI=1S/C14H16N2O4/c1-9(7-15)13(17)19-11(3)5-6-12(4)20-14(18)10(2)8-16/h11-12H,1-2,5-6H2,3-4H3. The van der Waals surface area contributed by atoms with Crippen molar-refractivity contribution in [2.24, 2.45) is 0 Å². The maximum atomic E-state index is 11.3. The van der Waals surface area contributed by atoms with Crippen molar-refractivity contribution in [2.45, 2.75) is 38.9 Å². The van der Waals surface area contributed by atoms with Gasteiger partial charge in [0.1, 0.15) is 23.3 Å². The molecule has 20 heavy (non-hydrogen) atoms. The Morgan fingerprint density at radius 3 is 1.50 bits per heavy atom. The normalized spacial score (nSPS) is 12.2. The van der Waals surface area contributed by atoms with Crippen LogP contribution in [0.3, 0.4) is 0 Å². The largest absolute Gasteiger partial charge is 0.459 e. The van der Waals surface area contributed by atoms with Crippen molar-refractivity contribution in [2.75, 3.05) is 0 Å². The maximum Gasteiger partial charge on any atom is 0.348 e. The van der Waals surface area contributed by atoms with Crippen LogP contribution in [0.25, 0.3) is 0 Å².